The molecular formula is C14H19OSi. The van der Waals surface area contributed by atoms with Gasteiger partial charge in [-0.15, -0.1) is 6.58 Å². The topological polar surface area (TPSA) is 9.23 Å². The van der Waals surface area contributed by atoms with E-state index in [1.54, 1.807) is 0 Å². The van der Waals surface area contributed by atoms with Crippen molar-refractivity contribution < 1.29 is 4.43 Å². The van der Waals surface area contributed by atoms with Crippen molar-refractivity contribution in [3.63, 3.8) is 0 Å². The Balaban J connectivity index is 2.25. The zero-order chi connectivity index (χ0) is 11.4. The molecule has 0 aromatic heterocycles. The molecule has 16 heavy (non-hydrogen) atoms. The molecule has 2 heteroatoms. The van der Waals surface area contributed by atoms with E-state index in [9.17, 15) is 0 Å². The van der Waals surface area contributed by atoms with Crippen LogP contribution >= 0.6 is 0 Å². The van der Waals surface area contributed by atoms with E-state index in [1.165, 1.54) is 35.2 Å². The molecule has 1 heterocycles. The predicted octanol–water partition coefficient (Wildman–Crippen LogP) is 2.73. The van der Waals surface area contributed by atoms with E-state index in [0.717, 1.165) is 13.0 Å². The average molecular weight is 231 g/mol. The van der Waals surface area contributed by atoms with Crippen molar-refractivity contribution in [2.24, 2.45) is 0 Å². The summed E-state index contributed by atoms with van der Waals surface area (Å²) in [5.74, 6) is 0. The van der Waals surface area contributed by atoms with Gasteiger partial charge in [-0.1, -0.05) is 30.7 Å². The zero-order valence-electron chi connectivity index (χ0n) is 9.96. The highest BCUT2D eigenvalue weighted by Crippen LogP contribution is 2.15. The number of rotatable bonds is 3. The molecule has 0 spiro atoms. The molecule has 2 rings (SSSR count). The quantitative estimate of drug-likeness (QED) is 0.574. The summed E-state index contributed by atoms with van der Waals surface area (Å²) >= 11 is 0. The molecule has 0 aliphatic carbocycles. The van der Waals surface area contributed by atoms with Crippen LogP contribution in [-0.2, 0) is 10.8 Å². The lowest BCUT2D eigenvalue weighted by atomic mass is 10.1. The summed E-state index contributed by atoms with van der Waals surface area (Å²) in [6, 6.07) is 7.88. The lowest BCUT2D eigenvalue weighted by Gasteiger charge is -2.22. The van der Waals surface area contributed by atoms with Gasteiger partial charge in [-0.25, -0.2) is 0 Å². The number of benzene rings is 1. The van der Waals surface area contributed by atoms with Gasteiger partial charge >= 0.3 is 0 Å². The summed E-state index contributed by atoms with van der Waals surface area (Å²) in [7, 11) is -0.730. The third kappa shape index (κ3) is 2.44. The molecule has 1 aliphatic heterocycles. The first-order valence-electron chi connectivity index (χ1n) is 6.01. The summed E-state index contributed by atoms with van der Waals surface area (Å²) in [6.07, 6.45) is 5.51. The van der Waals surface area contributed by atoms with Gasteiger partial charge in [0.25, 0.3) is 0 Å². The molecule has 0 bridgehead atoms. The number of hydrogen-bond donors (Lipinski definition) is 0. The second kappa shape index (κ2) is 5.46. The first-order chi connectivity index (χ1) is 7.83. The minimum atomic E-state index is -0.730. The number of hydrogen-bond acceptors (Lipinski definition) is 1. The monoisotopic (exact) mass is 231 g/mol. The lowest BCUT2D eigenvalue weighted by molar-refractivity contribution is 0.294. The minimum absolute atomic E-state index is 0.730. The molecule has 0 amide bonds. The smallest absolute Gasteiger partial charge is 0.246 e. The van der Waals surface area contributed by atoms with Gasteiger partial charge in [-0.2, -0.15) is 0 Å². The van der Waals surface area contributed by atoms with Gasteiger partial charge in [0, 0.05) is 6.61 Å². The van der Waals surface area contributed by atoms with Crippen LogP contribution in [0, 0.1) is 6.92 Å². The zero-order valence-corrected chi connectivity index (χ0v) is 11.0. The van der Waals surface area contributed by atoms with E-state index in [0.29, 0.717) is 0 Å². The van der Waals surface area contributed by atoms with E-state index >= 15 is 0 Å². The molecule has 1 aromatic carbocycles. The second-order valence-electron chi connectivity index (χ2n) is 4.31. The van der Waals surface area contributed by atoms with Crippen molar-refractivity contribution >= 4 is 14.2 Å². The Morgan fingerprint density at radius 2 is 2.31 bits per heavy atom. The molecule has 85 valence electrons. The Kier molecular flexibility index (Phi) is 3.96. The summed E-state index contributed by atoms with van der Waals surface area (Å²) < 4.78 is 5.95. The SMILES string of the molecule is C=CCc1cccc([Si]2CCCCO2)c1C. The third-order valence-electron chi connectivity index (χ3n) is 3.19. The van der Waals surface area contributed by atoms with E-state index in [4.69, 9.17) is 4.43 Å². The summed E-state index contributed by atoms with van der Waals surface area (Å²) in [5.41, 5.74) is 2.83. The van der Waals surface area contributed by atoms with Crippen molar-refractivity contribution in [3.05, 3.63) is 42.0 Å². The standard InChI is InChI=1S/C14H19OSi/c1-3-7-13-8-6-9-14(12(13)2)16-11-5-4-10-15-16/h3,6,8-9H,1,4-5,7,10-11H2,2H3. The van der Waals surface area contributed by atoms with Crippen LogP contribution in [0.1, 0.15) is 24.0 Å². The van der Waals surface area contributed by atoms with Gasteiger partial charge in [0.2, 0.25) is 9.04 Å². The van der Waals surface area contributed by atoms with Crippen LogP contribution in [0.4, 0.5) is 0 Å². The minimum Gasteiger partial charge on any atom is -0.412 e. The molecule has 0 N–H and O–H groups in total. The summed E-state index contributed by atoms with van der Waals surface area (Å²) in [4.78, 5) is 0. The number of allylic oxidation sites excluding steroid dienone is 1. The first kappa shape index (κ1) is 11.6. The van der Waals surface area contributed by atoms with E-state index in [2.05, 4.69) is 31.7 Å². The highest BCUT2D eigenvalue weighted by molar-refractivity contribution is 6.68. The molecule has 1 aromatic rings. The Morgan fingerprint density at radius 1 is 1.44 bits per heavy atom. The lowest BCUT2D eigenvalue weighted by Crippen LogP contribution is -2.38. The maximum atomic E-state index is 5.95. The Labute approximate surface area is 99.9 Å². The van der Waals surface area contributed by atoms with Crippen LogP contribution in [0.25, 0.3) is 0 Å². The average Bonchev–Trinajstić information content (AvgIpc) is 2.33. The van der Waals surface area contributed by atoms with Crippen LogP contribution in [0.2, 0.25) is 6.04 Å². The van der Waals surface area contributed by atoms with Crippen molar-refractivity contribution in [2.75, 3.05) is 6.61 Å². The molecule has 0 saturated carbocycles. The molecule has 1 saturated heterocycles. The van der Waals surface area contributed by atoms with Gasteiger partial charge in [0.15, 0.2) is 0 Å². The normalized spacial score (nSPS) is 17.3. The van der Waals surface area contributed by atoms with Gasteiger partial charge in [0.1, 0.15) is 0 Å². The van der Waals surface area contributed by atoms with Gasteiger partial charge in [-0.3, -0.25) is 0 Å². The van der Waals surface area contributed by atoms with Crippen LogP contribution in [0.15, 0.2) is 30.9 Å². The Bertz CT molecular complexity index is 367. The van der Waals surface area contributed by atoms with Gasteiger partial charge in [-0.05, 0) is 42.1 Å². The molecule has 1 fully saturated rings. The largest absolute Gasteiger partial charge is 0.412 e. The molecule has 0 unspecified atom stereocenters. The van der Waals surface area contributed by atoms with Crippen molar-refractivity contribution in [3.8, 4) is 0 Å². The molecular weight excluding hydrogens is 212 g/mol. The van der Waals surface area contributed by atoms with E-state index in [-0.39, 0.29) is 0 Å². The molecule has 0 atom stereocenters. The summed E-state index contributed by atoms with van der Waals surface area (Å²) in [6.45, 7) is 7.00. The fraction of sp³-hybridized carbons (Fsp3) is 0.429. The Hall–Kier alpha value is -0.863. The van der Waals surface area contributed by atoms with E-state index in [1.807, 2.05) is 6.08 Å². The summed E-state index contributed by atoms with van der Waals surface area (Å²) in [5, 5.41) is 1.48. The van der Waals surface area contributed by atoms with Crippen LogP contribution in [0.3, 0.4) is 0 Å². The predicted molar refractivity (Wildman–Crippen MR) is 70.5 cm³/mol. The van der Waals surface area contributed by atoms with Crippen molar-refractivity contribution in [1.82, 2.24) is 0 Å². The third-order valence-corrected chi connectivity index (χ3v) is 5.69. The Morgan fingerprint density at radius 3 is 3.00 bits per heavy atom. The fourth-order valence-electron chi connectivity index (χ4n) is 2.23. The van der Waals surface area contributed by atoms with Gasteiger partial charge in [0.05, 0.1) is 0 Å². The molecule has 1 nitrogen and oxygen atoms in total. The fourth-order valence-corrected chi connectivity index (χ4v) is 4.62. The highest BCUT2D eigenvalue weighted by Gasteiger charge is 2.21. The van der Waals surface area contributed by atoms with E-state index < -0.39 is 9.04 Å². The van der Waals surface area contributed by atoms with Crippen LogP contribution in [0.5, 0.6) is 0 Å². The maximum absolute atomic E-state index is 5.95. The van der Waals surface area contributed by atoms with Crippen LogP contribution < -0.4 is 5.19 Å². The highest BCUT2D eigenvalue weighted by atomic mass is 28.3. The maximum Gasteiger partial charge on any atom is 0.246 e. The molecule has 1 radical (unpaired) electrons. The van der Waals surface area contributed by atoms with Gasteiger partial charge < -0.3 is 4.43 Å². The van der Waals surface area contributed by atoms with Crippen molar-refractivity contribution in [1.29, 1.82) is 0 Å². The van der Waals surface area contributed by atoms with Crippen molar-refractivity contribution in [2.45, 2.75) is 32.2 Å². The van der Waals surface area contributed by atoms with Crippen LogP contribution in [-0.4, -0.2) is 15.6 Å². The second-order valence-corrected chi connectivity index (χ2v) is 6.48. The first-order valence-corrected chi connectivity index (χ1v) is 7.63. The molecule has 1 aliphatic rings.